The van der Waals surface area contributed by atoms with Gasteiger partial charge in [-0.1, -0.05) is 12.8 Å². The fourth-order valence-corrected chi connectivity index (χ4v) is 5.45. The van der Waals surface area contributed by atoms with Crippen LogP contribution in [0.1, 0.15) is 61.2 Å². The third-order valence-corrected chi connectivity index (χ3v) is 6.94. The van der Waals surface area contributed by atoms with Crippen LogP contribution in [0.3, 0.4) is 0 Å². The minimum atomic E-state index is -0.443. The highest BCUT2D eigenvalue weighted by Gasteiger charge is 2.20. The van der Waals surface area contributed by atoms with Crippen molar-refractivity contribution in [2.24, 2.45) is 0 Å². The lowest BCUT2D eigenvalue weighted by Gasteiger charge is -2.19. The zero-order valence-electron chi connectivity index (χ0n) is 16.6. The number of carbonyl (C=O) groups excluding carboxylic acids is 2. The number of nitrogens with one attached hydrogen (secondary N) is 1. The van der Waals surface area contributed by atoms with E-state index >= 15 is 0 Å². The topological polar surface area (TPSA) is 92.4 Å². The molecule has 2 aromatic rings. The molecule has 2 aliphatic rings. The predicted octanol–water partition coefficient (Wildman–Crippen LogP) is 2.74. The van der Waals surface area contributed by atoms with Gasteiger partial charge in [0.1, 0.15) is 10.7 Å². The number of nitrogens with zero attached hydrogens (tertiary/aromatic N) is 2. The van der Waals surface area contributed by atoms with Crippen molar-refractivity contribution in [3.63, 3.8) is 0 Å². The number of fused-ring (bicyclic) bond motifs is 3. The number of aryl methyl sites for hydroxylation is 3. The molecular weight excluding hydrogens is 390 g/mol. The molecule has 0 spiro atoms. The number of thiophene rings is 1. The van der Waals surface area contributed by atoms with Crippen molar-refractivity contribution < 1.29 is 14.3 Å². The standard InChI is InChI=1S/C21H27N3O4S/c25-17(24-11-5-1-2-6-12-24)13-28-18(26)10-9-16-22-20(27)19-14-7-3-4-8-15(14)29-21(19)23-16/h1-13H2,(H,22,23,27). The van der Waals surface area contributed by atoms with Crippen LogP contribution in [0.2, 0.25) is 0 Å². The Balaban J connectivity index is 1.32. The monoisotopic (exact) mass is 417 g/mol. The predicted molar refractivity (Wildman–Crippen MR) is 111 cm³/mol. The summed E-state index contributed by atoms with van der Waals surface area (Å²) in [6.07, 6.45) is 8.92. The number of ether oxygens (including phenoxy) is 1. The van der Waals surface area contributed by atoms with E-state index in [0.29, 0.717) is 12.2 Å². The molecule has 1 aliphatic carbocycles. The van der Waals surface area contributed by atoms with Crippen LogP contribution < -0.4 is 5.56 Å². The van der Waals surface area contributed by atoms with Gasteiger partial charge in [-0.05, 0) is 44.1 Å². The summed E-state index contributed by atoms with van der Waals surface area (Å²) in [6.45, 7) is 1.28. The van der Waals surface area contributed by atoms with Gasteiger partial charge < -0.3 is 14.6 Å². The summed E-state index contributed by atoms with van der Waals surface area (Å²) in [5, 5.41) is 0.721. The van der Waals surface area contributed by atoms with Crippen LogP contribution in [-0.2, 0) is 33.6 Å². The molecule has 7 nitrogen and oxygen atoms in total. The molecular formula is C21H27N3O4S. The van der Waals surface area contributed by atoms with Crippen molar-refractivity contribution in [3.05, 3.63) is 26.6 Å². The Hall–Kier alpha value is -2.22. The molecule has 0 saturated carbocycles. The van der Waals surface area contributed by atoms with Gasteiger partial charge >= 0.3 is 5.97 Å². The number of H-pyrrole nitrogens is 1. The number of carbonyl (C=O) groups is 2. The van der Waals surface area contributed by atoms with E-state index in [9.17, 15) is 14.4 Å². The number of rotatable bonds is 5. The lowest BCUT2D eigenvalue weighted by Crippen LogP contribution is -2.35. The van der Waals surface area contributed by atoms with Gasteiger partial charge in [-0.25, -0.2) is 4.98 Å². The van der Waals surface area contributed by atoms with E-state index in [-0.39, 0.29) is 24.5 Å². The fourth-order valence-electron chi connectivity index (χ4n) is 4.17. The number of hydrogen-bond donors (Lipinski definition) is 1. The summed E-state index contributed by atoms with van der Waals surface area (Å²) in [5.74, 6) is -0.0735. The highest BCUT2D eigenvalue weighted by Crippen LogP contribution is 2.33. The van der Waals surface area contributed by atoms with Gasteiger partial charge in [0.05, 0.1) is 11.8 Å². The largest absolute Gasteiger partial charge is 0.456 e. The van der Waals surface area contributed by atoms with Crippen molar-refractivity contribution >= 4 is 33.4 Å². The molecule has 4 rings (SSSR count). The maximum Gasteiger partial charge on any atom is 0.306 e. The Kier molecular flexibility index (Phi) is 6.28. The molecule has 0 atom stereocenters. The summed E-state index contributed by atoms with van der Waals surface area (Å²) >= 11 is 1.60. The van der Waals surface area contributed by atoms with E-state index < -0.39 is 5.97 Å². The van der Waals surface area contributed by atoms with Crippen molar-refractivity contribution in [2.75, 3.05) is 19.7 Å². The summed E-state index contributed by atoms with van der Waals surface area (Å²) in [4.78, 5) is 48.0. The van der Waals surface area contributed by atoms with E-state index in [1.54, 1.807) is 16.2 Å². The van der Waals surface area contributed by atoms with E-state index in [1.165, 1.54) is 4.88 Å². The molecule has 1 aliphatic heterocycles. The zero-order valence-corrected chi connectivity index (χ0v) is 17.4. The third kappa shape index (κ3) is 4.69. The molecule has 0 aromatic carbocycles. The fraction of sp³-hybridized carbons (Fsp3) is 0.619. The first-order valence-corrected chi connectivity index (χ1v) is 11.4. The quantitative estimate of drug-likeness (QED) is 0.755. The summed E-state index contributed by atoms with van der Waals surface area (Å²) in [5.41, 5.74) is 1.04. The van der Waals surface area contributed by atoms with Crippen LogP contribution in [0.5, 0.6) is 0 Å². The summed E-state index contributed by atoms with van der Waals surface area (Å²) < 4.78 is 5.16. The van der Waals surface area contributed by atoms with Crippen LogP contribution in [-0.4, -0.2) is 46.4 Å². The van der Waals surface area contributed by atoms with Gasteiger partial charge in [0.15, 0.2) is 6.61 Å². The average Bonchev–Trinajstić information content (AvgIpc) is 2.89. The summed E-state index contributed by atoms with van der Waals surface area (Å²) in [7, 11) is 0. The second-order valence-electron chi connectivity index (χ2n) is 7.86. The number of amides is 1. The lowest BCUT2D eigenvalue weighted by molar-refractivity contribution is -0.152. The van der Waals surface area contributed by atoms with E-state index in [1.807, 2.05) is 0 Å². The molecule has 1 fully saturated rings. The van der Waals surface area contributed by atoms with Gasteiger partial charge in [0, 0.05) is 24.4 Å². The van der Waals surface area contributed by atoms with Crippen LogP contribution in [0, 0.1) is 0 Å². The Morgan fingerprint density at radius 2 is 1.83 bits per heavy atom. The van der Waals surface area contributed by atoms with Gasteiger partial charge in [-0.15, -0.1) is 11.3 Å². The molecule has 156 valence electrons. The molecule has 0 bridgehead atoms. The normalized spacial score (nSPS) is 17.0. The van der Waals surface area contributed by atoms with Gasteiger partial charge in [-0.3, -0.25) is 14.4 Å². The van der Waals surface area contributed by atoms with E-state index in [0.717, 1.165) is 80.2 Å². The molecule has 0 radical (unpaired) electrons. The van der Waals surface area contributed by atoms with Crippen molar-refractivity contribution in [1.29, 1.82) is 0 Å². The smallest absolute Gasteiger partial charge is 0.306 e. The molecule has 0 unspecified atom stereocenters. The SMILES string of the molecule is O=C(CCc1nc2sc3c(c2c(=O)[nH]1)CCCC3)OCC(=O)N1CCCCCC1. The van der Waals surface area contributed by atoms with E-state index in [2.05, 4.69) is 9.97 Å². The number of likely N-dealkylation sites (tertiary alicyclic amines) is 1. The minimum absolute atomic E-state index is 0.0901. The lowest BCUT2D eigenvalue weighted by atomic mass is 9.97. The zero-order chi connectivity index (χ0) is 20.2. The van der Waals surface area contributed by atoms with E-state index in [4.69, 9.17) is 4.74 Å². The Morgan fingerprint density at radius 1 is 1.07 bits per heavy atom. The molecule has 1 saturated heterocycles. The van der Waals surface area contributed by atoms with Gasteiger partial charge in [0.25, 0.3) is 11.5 Å². The number of hydrogen-bond acceptors (Lipinski definition) is 6. The first-order valence-electron chi connectivity index (χ1n) is 10.6. The van der Waals surface area contributed by atoms with Crippen LogP contribution in [0.4, 0.5) is 0 Å². The maximum absolute atomic E-state index is 12.5. The molecule has 3 heterocycles. The highest BCUT2D eigenvalue weighted by atomic mass is 32.1. The number of esters is 1. The maximum atomic E-state index is 12.5. The van der Waals surface area contributed by atoms with Crippen LogP contribution in [0.15, 0.2) is 4.79 Å². The number of aromatic nitrogens is 2. The molecule has 2 aromatic heterocycles. The minimum Gasteiger partial charge on any atom is -0.456 e. The van der Waals surface area contributed by atoms with Gasteiger partial charge in [-0.2, -0.15) is 0 Å². The van der Waals surface area contributed by atoms with Crippen LogP contribution in [0.25, 0.3) is 10.2 Å². The molecule has 8 heteroatoms. The highest BCUT2D eigenvalue weighted by molar-refractivity contribution is 7.18. The van der Waals surface area contributed by atoms with Crippen LogP contribution >= 0.6 is 11.3 Å². The average molecular weight is 418 g/mol. The molecule has 29 heavy (non-hydrogen) atoms. The Labute approximate surface area is 173 Å². The molecule has 1 N–H and O–H groups in total. The molecule has 1 amide bonds. The number of aromatic amines is 1. The second kappa shape index (κ2) is 9.07. The van der Waals surface area contributed by atoms with Gasteiger partial charge in [0.2, 0.25) is 0 Å². The first kappa shape index (κ1) is 20.1. The second-order valence-corrected chi connectivity index (χ2v) is 8.94. The third-order valence-electron chi connectivity index (χ3n) is 5.76. The Bertz CT molecular complexity index is 957. The Morgan fingerprint density at radius 3 is 2.62 bits per heavy atom. The van der Waals surface area contributed by atoms with Crippen molar-refractivity contribution in [3.8, 4) is 0 Å². The van der Waals surface area contributed by atoms with Crippen molar-refractivity contribution in [1.82, 2.24) is 14.9 Å². The van der Waals surface area contributed by atoms with Crippen molar-refractivity contribution in [2.45, 2.75) is 64.2 Å². The first-order chi connectivity index (χ1) is 14.1. The summed E-state index contributed by atoms with van der Waals surface area (Å²) in [6, 6.07) is 0.